The quantitative estimate of drug-likeness (QED) is 0.637. The lowest BCUT2D eigenvalue weighted by atomic mass is 9.99. The average molecular weight is 394 g/mol. The number of hydrogen-bond donors (Lipinski definition) is 1. The van der Waals surface area contributed by atoms with Gasteiger partial charge in [0.1, 0.15) is 4.88 Å². The zero-order valence-corrected chi connectivity index (χ0v) is 14.3. The fraction of sp³-hybridized carbons (Fsp3) is 0.188. The number of fused-ring (bicyclic) bond motifs is 1. The van der Waals surface area contributed by atoms with E-state index in [-0.39, 0.29) is 18.3 Å². The molecule has 1 amide bonds. The van der Waals surface area contributed by atoms with E-state index in [1.807, 2.05) is 0 Å². The van der Waals surface area contributed by atoms with Crippen molar-refractivity contribution >= 4 is 50.6 Å². The molecule has 1 aliphatic rings. The van der Waals surface area contributed by atoms with Gasteiger partial charge in [0.05, 0.1) is 3.79 Å². The van der Waals surface area contributed by atoms with Gasteiger partial charge in [-0.2, -0.15) is 0 Å². The fourth-order valence-corrected chi connectivity index (χ4v) is 3.55. The fourth-order valence-electron chi connectivity index (χ4n) is 2.27. The summed E-state index contributed by atoms with van der Waals surface area (Å²) in [6, 6.07) is 8.47. The molecule has 0 atom stereocenters. The number of carbonyl (C=O) groups excluding carboxylic acids is 3. The molecule has 0 spiro atoms. The zero-order chi connectivity index (χ0) is 16.4. The third kappa shape index (κ3) is 3.68. The van der Waals surface area contributed by atoms with Crippen molar-refractivity contribution in [3.8, 4) is 0 Å². The summed E-state index contributed by atoms with van der Waals surface area (Å²) < 4.78 is 5.88. The summed E-state index contributed by atoms with van der Waals surface area (Å²) in [6.45, 7) is -0.306. The van der Waals surface area contributed by atoms with Crippen LogP contribution in [0.2, 0.25) is 0 Å². The molecule has 2 heterocycles. The predicted molar refractivity (Wildman–Crippen MR) is 90.0 cm³/mol. The molecule has 5 nitrogen and oxygen atoms in total. The van der Waals surface area contributed by atoms with Gasteiger partial charge >= 0.3 is 5.97 Å². The van der Waals surface area contributed by atoms with Crippen LogP contribution in [0, 0.1) is 0 Å². The molecule has 3 rings (SSSR count). The number of ether oxygens (including phenoxy) is 1. The lowest BCUT2D eigenvalue weighted by molar-refractivity contribution is -0.116. The molecule has 1 N–H and O–H groups in total. The van der Waals surface area contributed by atoms with E-state index in [4.69, 9.17) is 4.74 Å². The van der Waals surface area contributed by atoms with Gasteiger partial charge in [0, 0.05) is 17.7 Å². The summed E-state index contributed by atoms with van der Waals surface area (Å²) >= 11 is 4.52. The van der Waals surface area contributed by atoms with Gasteiger partial charge in [0.2, 0.25) is 5.91 Å². The molecule has 1 aliphatic heterocycles. The zero-order valence-electron chi connectivity index (χ0n) is 11.9. The van der Waals surface area contributed by atoms with Crippen molar-refractivity contribution in [2.75, 3.05) is 11.9 Å². The van der Waals surface area contributed by atoms with Crippen LogP contribution in [0.1, 0.15) is 32.0 Å². The molecule has 0 unspecified atom stereocenters. The second-order valence-corrected chi connectivity index (χ2v) is 7.49. The summed E-state index contributed by atoms with van der Waals surface area (Å²) in [4.78, 5) is 35.8. The van der Waals surface area contributed by atoms with E-state index in [1.54, 1.807) is 30.3 Å². The molecular weight excluding hydrogens is 382 g/mol. The number of carbonyl (C=O) groups is 3. The number of esters is 1. The van der Waals surface area contributed by atoms with Crippen molar-refractivity contribution in [3.05, 3.63) is 50.1 Å². The van der Waals surface area contributed by atoms with Gasteiger partial charge in [-0.3, -0.25) is 9.59 Å². The molecule has 23 heavy (non-hydrogen) atoms. The Bertz CT molecular complexity index is 799. The first-order chi connectivity index (χ1) is 11.0. The number of amides is 1. The van der Waals surface area contributed by atoms with Crippen molar-refractivity contribution in [1.29, 1.82) is 0 Å². The van der Waals surface area contributed by atoms with Gasteiger partial charge in [0.25, 0.3) is 0 Å². The van der Waals surface area contributed by atoms with E-state index in [1.165, 1.54) is 11.3 Å². The molecule has 1 aromatic heterocycles. The molecule has 7 heteroatoms. The first-order valence-corrected chi connectivity index (χ1v) is 8.52. The highest BCUT2D eigenvalue weighted by molar-refractivity contribution is 9.11. The van der Waals surface area contributed by atoms with E-state index in [2.05, 4.69) is 21.2 Å². The van der Waals surface area contributed by atoms with Gasteiger partial charge in [-0.25, -0.2) is 4.79 Å². The minimum Gasteiger partial charge on any atom is -0.453 e. The maximum Gasteiger partial charge on any atom is 0.348 e. The monoisotopic (exact) mass is 393 g/mol. The van der Waals surface area contributed by atoms with Gasteiger partial charge in [-0.15, -0.1) is 11.3 Å². The second kappa shape index (κ2) is 6.64. The van der Waals surface area contributed by atoms with Gasteiger partial charge in [-0.1, -0.05) is 0 Å². The molecule has 0 bridgehead atoms. The number of anilines is 1. The number of thiophene rings is 1. The second-order valence-electron chi connectivity index (χ2n) is 5.02. The topological polar surface area (TPSA) is 72.5 Å². The SMILES string of the molecule is O=C1CCc2cc(C(=O)COC(=O)c3ccc(Br)s3)ccc2N1. The largest absolute Gasteiger partial charge is 0.453 e. The van der Waals surface area contributed by atoms with Crippen molar-refractivity contribution in [3.63, 3.8) is 0 Å². The van der Waals surface area contributed by atoms with E-state index in [0.29, 0.717) is 23.3 Å². The minimum absolute atomic E-state index is 0.0207. The standard InChI is InChI=1S/C16H12BrNO4S/c17-14-5-4-13(23-14)16(21)22-8-12(19)10-1-3-11-9(7-10)2-6-15(20)18-11/h1,3-5,7H,2,6,8H2,(H,18,20). The smallest absolute Gasteiger partial charge is 0.348 e. The van der Waals surface area contributed by atoms with Crippen LogP contribution in [0.15, 0.2) is 34.1 Å². The van der Waals surface area contributed by atoms with Crippen LogP contribution in [-0.4, -0.2) is 24.3 Å². The predicted octanol–water partition coefficient (Wildman–Crippen LogP) is 3.44. The van der Waals surface area contributed by atoms with Crippen molar-refractivity contribution in [2.24, 2.45) is 0 Å². The lowest BCUT2D eigenvalue weighted by Gasteiger charge is -2.17. The first kappa shape index (κ1) is 15.9. The number of nitrogens with one attached hydrogen (secondary N) is 1. The van der Waals surface area contributed by atoms with Crippen molar-refractivity contribution < 1.29 is 19.1 Å². The summed E-state index contributed by atoms with van der Waals surface area (Å²) in [7, 11) is 0. The summed E-state index contributed by atoms with van der Waals surface area (Å²) in [5, 5.41) is 2.76. The number of rotatable bonds is 4. The summed E-state index contributed by atoms with van der Waals surface area (Å²) in [6.07, 6.45) is 1.01. The van der Waals surface area contributed by atoms with Gasteiger partial charge < -0.3 is 10.1 Å². The van der Waals surface area contributed by atoms with Crippen LogP contribution in [0.25, 0.3) is 0 Å². The number of halogens is 1. The van der Waals surface area contributed by atoms with Crippen LogP contribution in [-0.2, 0) is 16.0 Å². The van der Waals surface area contributed by atoms with Crippen LogP contribution >= 0.6 is 27.3 Å². The summed E-state index contributed by atoms with van der Waals surface area (Å²) in [5.41, 5.74) is 2.13. The first-order valence-electron chi connectivity index (χ1n) is 6.91. The van der Waals surface area contributed by atoms with Gasteiger partial charge in [-0.05, 0) is 58.2 Å². The Morgan fingerprint density at radius 3 is 2.78 bits per heavy atom. The van der Waals surface area contributed by atoms with E-state index < -0.39 is 5.97 Å². The van der Waals surface area contributed by atoms with Crippen molar-refractivity contribution in [1.82, 2.24) is 0 Å². The third-order valence-corrected chi connectivity index (χ3v) is 5.04. The van der Waals surface area contributed by atoms with Crippen LogP contribution in [0.4, 0.5) is 5.69 Å². The molecule has 0 radical (unpaired) electrons. The highest BCUT2D eigenvalue weighted by atomic mass is 79.9. The molecule has 0 saturated carbocycles. The molecule has 118 valence electrons. The van der Waals surface area contributed by atoms with E-state index in [0.717, 1.165) is 15.0 Å². The van der Waals surface area contributed by atoms with Gasteiger partial charge in [0.15, 0.2) is 12.4 Å². The van der Waals surface area contributed by atoms with Crippen LogP contribution < -0.4 is 5.32 Å². The lowest BCUT2D eigenvalue weighted by Crippen LogP contribution is -2.20. The Morgan fingerprint density at radius 1 is 1.22 bits per heavy atom. The molecule has 2 aromatic rings. The maximum absolute atomic E-state index is 12.2. The normalized spacial score (nSPS) is 13.2. The Morgan fingerprint density at radius 2 is 2.04 bits per heavy atom. The Labute approximate surface area is 144 Å². The number of benzene rings is 1. The maximum atomic E-state index is 12.2. The van der Waals surface area contributed by atoms with Crippen LogP contribution in [0.3, 0.4) is 0 Å². The molecule has 0 aliphatic carbocycles. The number of Topliss-reactive ketones (excluding diaryl/α,β-unsaturated/α-hetero) is 1. The van der Waals surface area contributed by atoms with Crippen molar-refractivity contribution in [2.45, 2.75) is 12.8 Å². The van der Waals surface area contributed by atoms with E-state index >= 15 is 0 Å². The Balaban J connectivity index is 1.64. The number of hydrogen-bond acceptors (Lipinski definition) is 5. The average Bonchev–Trinajstić information content (AvgIpc) is 2.98. The molecule has 0 saturated heterocycles. The van der Waals surface area contributed by atoms with Crippen LogP contribution in [0.5, 0.6) is 0 Å². The third-order valence-electron chi connectivity index (χ3n) is 3.43. The highest BCUT2D eigenvalue weighted by Crippen LogP contribution is 2.24. The number of aryl methyl sites for hydroxylation is 1. The Kier molecular flexibility index (Phi) is 4.58. The molecular formula is C16H12BrNO4S. The van der Waals surface area contributed by atoms with E-state index in [9.17, 15) is 14.4 Å². The molecule has 1 aromatic carbocycles. The highest BCUT2D eigenvalue weighted by Gasteiger charge is 2.18. The summed E-state index contributed by atoms with van der Waals surface area (Å²) in [5.74, 6) is -0.805. The Hall–Kier alpha value is -1.99. The minimum atomic E-state index is -0.515. The molecule has 0 fully saturated rings. The number of ketones is 1.